The predicted molar refractivity (Wildman–Crippen MR) is 97.5 cm³/mol. The van der Waals surface area contributed by atoms with Gasteiger partial charge in [-0.2, -0.15) is 0 Å². The molecule has 2 rings (SSSR count). The molecule has 0 spiro atoms. The molecule has 2 fully saturated rings. The van der Waals surface area contributed by atoms with E-state index in [1.54, 1.807) is 0 Å². The van der Waals surface area contributed by atoms with Crippen molar-refractivity contribution in [3.63, 3.8) is 0 Å². The van der Waals surface area contributed by atoms with Gasteiger partial charge in [0, 0.05) is 12.0 Å². The van der Waals surface area contributed by atoms with Crippen LogP contribution in [0.5, 0.6) is 0 Å². The first-order valence-corrected chi connectivity index (χ1v) is 10.0. The summed E-state index contributed by atoms with van der Waals surface area (Å²) in [7, 11) is 0. The Kier molecular flexibility index (Phi) is 7.12. The Balaban J connectivity index is 1.93. The largest absolute Gasteiger partial charge is 0.351 e. The van der Waals surface area contributed by atoms with Gasteiger partial charge in [0.05, 0.1) is 0 Å². The maximum atomic E-state index is 12.8. The second kappa shape index (κ2) is 8.87. The number of carbonyl (C=O) groups excluding carboxylic acids is 2. The van der Waals surface area contributed by atoms with Gasteiger partial charge < -0.3 is 10.6 Å². The summed E-state index contributed by atoms with van der Waals surface area (Å²) in [4.78, 5) is 25.3. The molecule has 2 N–H and O–H groups in total. The van der Waals surface area contributed by atoms with Gasteiger partial charge in [0.15, 0.2) is 0 Å². The molecule has 4 heteroatoms. The summed E-state index contributed by atoms with van der Waals surface area (Å²) < 4.78 is 0. The van der Waals surface area contributed by atoms with Gasteiger partial charge in [0.25, 0.3) is 0 Å². The summed E-state index contributed by atoms with van der Waals surface area (Å²) in [5.74, 6) is 1.44. The minimum Gasteiger partial charge on any atom is -0.351 e. The first-order valence-electron chi connectivity index (χ1n) is 10.0. The normalized spacial score (nSPS) is 30.0. The zero-order valence-electron chi connectivity index (χ0n) is 15.9. The summed E-state index contributed by atoms with van der Waals surface area (Å²) in [5.41, 5.74) is 0. The SMILES string of the molecule is CC(C)[C@@H](NC(=O)C1CCCCC1)C(=O)N[C@@H]1CCC[C@H](C)[C@H]1C. The summed E-state index contributed by atoms with van der Waals surface area (Å²) in [5, 5.41) is 6.29. The smallest absolute Gasteiger partial charge is 0.243 e. The Morgan fingerprint density at radius 1 is 0.917 bits per heavy atom. The minimum atomic E-state index is -0.413. The third-order valence-corrected chi connectivity index (χ3v) is 6.26. The zero-order chi connectivity index (χ0) is 17.7. The number of amides is 2. The molecular formula is C20H36N2O2. The molecule has 2 aliphatic rings. The Labute approximate surface area is 147 Å². The van der Waals surface area contributed by atoms with Crippen LogP contribution in [0, 0.1) is 23.7 Å². The molecule has 4 nitrogen and oxygen atoms in total. The van der Waals surface area contributed by atoms with Crippen LogP contribution in [0.15, 0.2) is 0 Å². The molecule has 4 atom stereocenters. The number of rotatable bonds is 5. The average molecular weight is 337 g/mol. The van der Waals surface area contributed by atoms with Crippen LogP contribution >= 0.6 is 0 Å². The van der Waals surface area contributed by atoms with Crippen molar-refractivity contribution in [3.05, 3.63) is 0 Å². The van der Waals surface area contributed by atoms with Gasteiger partial charge in [-0.3, -0.25) is 9.59 Å². The number of nitrogens with one attached hydrogen (secondary N) is 2. The quantitative estimate of drug-likeness (QED) is 0.805. The van der Waals surface area contributed by atoms with Gasteiger partial charge in [-0.1, -0.05) is 59.8 Å². The highest BCUT2D eigenvalue weighted by atomic mass is 16.2. The highest BCUT2D eigenvalue weighted by Crippen LogP contribution is 2.29. The standard InChI is InChI=1S/C20H36N2O2/c1-13(2)18(22-19(23)16-10-6-5-7-11-16)20(24)21-17-12-8-9-14(3)15(17)4/h13-18H,5-12H2,1-4H3,(H,21,24)(H,22,23)/t14-,15+,17+,18+/m0/s1. The summed E-state index contributed by atoms with van der Waals surface area (Å²) >= 11 is 0. The van der Waals surface area contributed by atoms with Crippen molar-refractivity contribution in [1.82, 2.24) is 10.6 Å². The van der Waals surface area contributed by atoms with E-state index in [-0.39, 0.29) is 29.7 Å². The maximum absolute atomic E-state index is 12.8. The molecule has 138 valence electrons. The van der Waals surface area contributed by atoms with E-state index < -0.39 is 6.04 Å². The highest BCUT2D eigenvalue weighted by Gasteiger charge is 2.33. The monoisotopic (exact) mass is 336 g/mol. The summed E-state index contributed by atoms with van der Waals surface area (Å²) in [6.45, 7) is 8.53. The average Bonchev–Trinajstić information content (AvgIpc) is 2.57. The Bertz CT molecular complexity index is 429. The van der Waals surface area contributed by atoms with Crippen LogP contribution in [0.4, 0.5) is 0 Å². The van der Waals surface area contributed by atoms with Crippen LogP contribution in [0.3, 0.4) is 0 Å². The molecule has 0 aromatic rings. The zero-order valence-corrected chi connectivity index (χ0v) is 15.9. The molecule has 0 heterocycles. The van der Waals surface area contributed by atoms with Crippen molar-refractivity contribution >= 4 is 11.8 Å². The lowest BCUT2D eigenvalue weighted by Gasteiger charge is -2.36. The predicted octanol–water partition coefficient (Wildman–Crippen LogP) is 3.65. The third-order valence-electron chi connectivity index (χ3n) is 6.26. The van der Waals surface area contributed by atoms with E-state index >= 15 is 0 Å². The second-order valence-corrected chi connectivity index (χ2v) is 8.45. The number of hydrogen-bond acceptors (Lipinski definition) is 2. The van der Waals surface area contributed by atoms with E-state index in [9.17, 15) is 9.59 Å². The summed E-state index contributed by atoms with van der Waals surface area (Å²) in [6.07, 6.45) is 8.91. The second-order valence-electron chi connectivity index (χ2n) is 8.45. The Morgan fingerprint density at radius 3 is 2.21 bits per heavy atom. The molecule has 0 aromatic heterocycles. The van der Waals surface area contributed by atoms with Crippen LogP contribution in [-0.2, 0) is 9.59 Å². The van der Waals surface area contributed by atoms with Gasteiger partial charge in [-0.05, 0) is 37.0 Å². The van der Waals surface area contributed by atoms with E-state index in [4.69, 9.17) is 0 Å². The molecule has 0 bridgehead atoms. The number of carbonyl (C=O) groups is 2. The van der Waals surface area contributed by atoms with Crippen molar-refractivity contribution < 1.29 is 9.59 Å². The lowest BCUT2D eigenvalue weighted by atomic mass is 9.78. The summed E-state index contributed by atoms with van der Waals surface area (Å²) in [6, 6.07) is -0.169. The maximum Gasteiger partial charge on any atom is 0.243 e. The molecular weight excluding hydrogens is 300 g/mol. The third kappa shape index (κ3) is 4.97. The van der Waals surface area contributed by atoms with Crippen molar-refractivity contribution in [1.29, 1.82) is 0 Å². The lowest BCUT2D eigenvalue weighted by molar-refractivity contribution is -0.133. The molecule has 0 radical (unpaired) electrons. The molecule has 0 aromatic carbocycles. The van der Waals surface area contributed by atoms with Crippen LogP contribution in [-0.4, -0.2) is 23.9 Å². The molecule has 0 unspecified atom stereocenters. The number of hydrogen-bond donors (Lipinski definition) is 2. The van der Waals surface area contributed by atoms with Crippen LogP contribution < -0.4 is 10.6 Å². The van der Waals surface area contributed by atoms with Gasteiger partial charge in [0.1, 0.15) is 6.04 Å². The minimum absolute atomic E-state index is 0.000101. The fraction of sp³-hybridized carbons (Fsp3) is 0.900. The van der Waals surface area contributed by atoms with Crippen molar-refractivity contribution in [2.45, 2.75) is 91.1 Å². The molecule has 2 saturated carbocycles. The molecule has 0 aliphatic heterocycles. The Hall–Kier alpha value is -1.06. The topological polar surface area (TPSA) is 58.2 Å². The fourth-order valence-corrected chi connectivity index (χ4v) is 4.23. The van der Waals surface area contributed by atoms with Gasteiger partial charge in [0.2, 0.25) is 11.8 Å². The van der Waals surface area contributed by atoms with Gasteiger partial charge in [-0.15, -0.1) is 0 Å². The van der Waals surface area contributed by atoms with Crippen molar-refractivity contribution in [2.24, 2.45) is 23.7 Å². The Morgan fingerprint density at radius 2 is 1.58 bits per heavy atom. The van der Waals surface area contributed by atoms with E-state index in [1.807, 2.05) is 13.8 Å². The molecule has 2 amide bonds. The fourth-order valence-electron chi connectivity index (χ4n) is 4.23. The van der Waals surface area contributed by atoms with Crippen LogP contribution in [0.2, 0.25) is 0 Å². The first-order chi connectivity index (χ1) is 11.4. The van der Waals surface area contributed by atoms with E-state index in [0.717, 1.165) is 32.1 Å². The van der Waals surface area contributed by atoms with Gasteiger partial charge in [-0.25, -0.2) is 0 Å². The lowest BCUT2D eigenvalue weighted by Crippen LogP contribution is -2.55. The van der Waals surface area contributed by atoms with Crippen LogP contribution in [0.25, 0.3) is 0 Å². The molecule has 2 aliphatic carbocycles. The highest BCUT2D eigenvalue weighted by molar-refractivity contribution is 5.88. The first kappa shape index (κ1) is 19.3. The van der Waals surface area contributed by atoms with Gasteiger partial charge >= 0.3 is 0 Å². The van der Waals surface area contributed by atoms with Crippen molar-refractivity contribution in [3.8, 4) is 0 Å². The molecule has 0 saturated heterocycles. The van der Waals surface area contributed by atoms with E-state index in [1.165, 1.54) is 19.3 Å². The van der Waals surface area contributed by atoms with Crippen molar-refractivity contribution in [2.75, 3.05) is 0 Å². The molecule has 24 heavy (non-hydrogen) atoms. The van der Waals surface area contributed by atoms with Crippen LogP contribution in [0.1, 0.15) is 79.1 Å². The van der Waals surface area contributed by atoms with E-state index in [2.05, 4.69) is 24.5 Å². The van der Waals surface area contributed by atoms with E-state index in [0.29, 0.717) is 11.8 Å².